The second kappa shape index (κ2) is 8.08. The molecule has 0 heterocycles. The maximum absolute atomic E-state index is 5.89. The highest BCUT2D eigenvalue weighted by molar-refractivity contribution is 5.77. The van der Waals surface area contributed by atoms with E-state index in [4.69, 9.17) is 5.73 Å². The lowest BCUT2D eigenvalue weighted by Gasteiger charge is -2.12. The van der Waals surface area contributed by atoms with Gasteiger partial charge in [-0.25, -0.2) is 4.99 Å². The Labute approximate surface area is 132 Å². The second-order valence-corrected chi connectivity index (χ2v) is 5.42. The monoisotopic (exact) mass is 296 g/mol. The van der Waals surface area contributed by atoms with Crippen molar-refractivity contribution in [1.29, 1.82) is 0 Å². The number of nitrogens with one attached hydrogen (secondary N) is 1. The first kappa shape index (κ1) is 15.9. The van der Waals surface area contributed by atoms with E-state index in [2.05, 4.69) is 51.6 Å². The topological polar surface area (TPSA) is 53.6 Å². The van der Waals surface area contributed by atoms with Crippen molar-refractivity contribution >= 4 is 11.6 Å². The molecule has 0 aromatic heterocycles. The molecule has 22 heavy (non-hydrogen) atoms. The van der Waals surface area contributed by atoms with Crippen LogP contribution < -0.4 is 16.0 Å². The standard InChI is InChI=1S/C18H24N4/c1-22(2)17-10-8-16(9-11-17)14-21-18(19)20-13-12-15-6-4-3-5-7-15/h3-11H,12-14H2,1-2H3,(H3,19,20,21). The third-order valence-corrected chi connectivity index (χ3v) is 3.45. The zero-order valence-electron chi connectivity index (χ0n) is 13.3. The van der Waals surface area contributed by atoms with Gasteiger partial charge in [0, 0.05) is 26.3 Å². The fourth-order valence-corrected chi connectivity index (χ4v) is 2.11. The molecule has 2 rings (SSSR count). The first-order chi connectivity index (χ1) is 10.6. The molecular formula is C18H24N4. The van der Waals surface area contributed by atoms with Gasteiger partial charge in [0.2, 0.25) is 0 Å². The van der Waals surface area contributed by atoms with Crippen molar-refractivity contribution in [1.82, 2.24) is 5.32 Å². The molecule has 0 atom stereocenters. The molecule has 0 bridgehead atoms. The van der Waals surface area contributed by atoms with Crippen LogP contribution in [0.15, 0.2) is 59.6 Å². The van der Waals surface area contributed by atoms with E-state index in [9.17, 15) is 0 Å². The number of aliphatic imine (C=N–C) groups is 1. The van der Waals surface area contributed by atoms with Gasteiger partial charge in [-0.15, -0.1) is 0 Å². The van der Waals surface area contributed by atoms with Crippen LogP contribution in [0.4, 0.5) is 5.69 Å². The van der Waals surface area contributed by atoms with E-state index < -0.39 is 0 Å². The molecule has 0 aliphatic carbocycles. The number of nitrogens with two attached hydrogens (primary N) is 1. The summed E-state index contributed by atoms with van der Waals surface area (Å²) in [5, 5.41) is 3.15. The quantitative estimate of drug-likeness (QED) is 0.636. The number of guanidine groups is 1. The first-order valence-electron chi connectivity index (χ1n) is 7.49. The summed E-state index contributed by atoms with van der Waals surface area (Å²) in [7, 11) is 4.06. The summed E-state index contributed by atoms with van der Waals surface area (Å²) in [4.78, 5) is 6.45. The summed E-state index contributed by atoms with van der Waals surface area (Å²) in [6.07, 6.45) is 0.939. The smallest absolute Gasteiger partial charge is 0.188 e. The van der Waals surface area contributed by atoms with Gasteiger partial charge in [-0.2, -0.15) is 0 Å². The average Bonchev–Trinajstić information content (AvgIpc) is 2.54. The Morgan fingerprint density at radius 2 is 1.68 bits per heavy atom. The highest BCUT2D eigenvalue weighted by Crippen LogP contribution is 2.12. The molecule has 0 aliphatic heterocycles. The molecule has 0 spiro atoms. The SMILES string of the molecule is CN(C)c1ccc(CN=C(N)NCCc2ccccc2)cc1. The van der Waals surface area contributed by atoms with E-state index in [1.165, 1.54) is 11.3 Å². The molecule has 0 saturated heterocycles. The minimum absolute atomic E-state index is 0.493. The number of anilines is 1. The highest BCUT2D eigenvalue weighted by Gasteiger charge is 1.97. The molecule has 3 N–H and O–H groups in total. The first-order valence-corrected chi connectivity index (χ1v) is 7.49. The normalized spacial score (nSPS) is 11.3. The van der Waals surface area contributed by atoms with Crippen LogP contribution in [0.3, 0.4) is 0 Å². The minimum atomic E-state index is 0.493. The third-order valence-electron chi connectivity index (χ3n) is 3.45. The van der Waals surface area contributed by atoms with Crippen molar-refractivity contribution in [3.8, 4) is 0 Å². The predicted molar refractivity (Wildman–Crippen MR) is 94.2 cm³/mol. The van der Waals surface area contributed by atoms with Gasteiger partial charge in [-0.3, -0.25) is 0 Å². The average molecular weight is 296 g/mol. The van der Waals surface area contributed by atoms with Crippen LogP contribution in [0, 0.1) is 0 Å². The van der Waals surface area contributed by atoms with Crippen molar-refractivity contribution in [2.75, 3.05) is 25.5 Å². The molecule has 2 aromatic carbocycles. The number of hydrogen-bond acceptors (Lipinski definition) is 2. The van der Waals surface area contributed by atoms with Crippen LogP contribution >= 0.6 is 0 Å². The maximum atomic E-state index is 5.89. The van der Waals surface area contributed by atoms with E-state index in [0.717, 1.165) is 18.5 Å². The lowest BCUT2D eigenvalue weighted by atomic mass is 10.1. The molecule has 2 aromatic rings. The van der Waals surface area contributed by atoms with Crippen molar-refractivity contribution in [2.24, 2.45) is 10.7 Å². The number of benzene rings is 2. The van der Waals surface area contributed by atoms with Crippen molar-refractivity contribution in [3.05, 3.63) is 65.7 Å². The van der Waals surface area contributed by atoms with Crippen molar-refractivity contribution in [2.45, 2.75) is 13.0 Å². The Morgan fingerprint density at radius 3 is 2.32 bits per heavy atom. The Bertz CT molecular complexity index is 588. The molecular weight excluding hydrogens is 272 g/mol. The zero-order chi connectivity index (χ0) is 15.8. The molecule has 116 valence electrons. The van der Waals surface area contributed by atoms with Crippen LogP contribution in [0.2, 0.25) is 0 Å². The Hall–Kier alpha value is -2.49. The Balaban J connectivity index is 1.77. The minimum Gasteiger partial charge on any atom is -0.378 e. The predicted octanol–water partition coefficient (Wildman–Crippen LogP) is 2.40. The lowest BCUT2D eigenvalue weighted by molar-refractivity contribution is 0.848. The van der Waals surface area contributed by atoms with Gasteiger partial charge in [0.1, 0.15) is 0 Å². The van der Waals surface area contributed by atoms with Gasteiger partial charge >= 0.3 is 0 Å². The molecule has 0 aliphatic rings. The van der Waals surface area contributed by atoms with Gasteiger partial charge in [-0.05, 0) is 29.7 Å². The van der Waals surface area contributed by atoms with Gasteiger partial charge in [0.25, 0.3) is 0 Å². The van der Waals surface area contributed by atoms with Gasteiger partial charge < -0.3 is 16.0 Å². The van der Waals surface area contributed by atoms with E-state index in [0.29, 0.717) is 12.5 Å². The van der Waals surface area contributed by atoms with Gasteiger partial charge in [0.05, 0.1) is 6.54 Å². The maximum Gasteiger partial charge on any atom is 0.188 e. The van der Waals surface area contributed by atoms with E-state index >= 15 is 0 Å². The van der Waals surface area contributed by atoms with Crippen molar-refractivity contribution in [3.63, 3.8) is 0 Å². The van der Waals surface area contributed by atoms with Crippen LogP contribution in [-0.2, 0) is 13.0 Å². The van der Waals surface area contributed by atoms with E-state index in [-0.39, 0.29) is 0 Å². The summed E-state index contributed by atoms with van der Waals surface area (Å²) in [5.74, 6) is 0.493. The van der Waals surface area contributed by atoms with Crippen LogP contribution in [0.25, 0.3) is 0 Å². The Morgan fingerprint density at radius 1 is 1.00 bits per heavy atom. The number of nitrogens with zero attached hydrogens (tertiary/aromatic N) is 2. The van der Waals surface area contributed by atoms with Crippen LogP contribution in [-0.4, -0.2) is 26.6 Å². The van der Waals surface area contributed by atoms with Crippen molar-refractivity contribution < 1.29 is 0 Å². The summed E-state index contributed by atoms with van der Waals surface area (Å²) in [6, 6.07) is 18.7. The zero-order valence-corrected chi connectivity index (χ0v) is 13.3. The second-order valence-electron chi connectivity index (χ2n) is 5.42. The molecule has 4 heteroatoms. The summed E-state index contributed by atoms with van der Waals surface area (Å²) >= 11 is 0. The summed E-state index contributed by atoms with van der Waals surface area (Å²) in [6.45, 7) is 1.39. The molecule has 0 amide bonds. The largest absolute Gasteiger partial charge is 0.378 e. The summed E-state index contributed by atoms with van der Waals surface area (Å²) < 4.78 is 0. The fourth-order valence-electron chi connectivity index (χ4n) is 2.11. The van der Waals surface area contributed by atoms with Gasteiger partial charge in [-0.1, -0.05) is 42.5 Å². The molecule has 0 fully saturated rings. The Kier molecular flexibility index (Phi) is 5.83. The highest BCUT2D eigenvalue weighted by atomic mass is 15.1. The summed E-state index contributed by atoms with van der Waals surface area (Å²) in [5.41, 5.74) is 9.52. The lowest BCUT2D eigenvalue weighted by Crippen LogP contribution is -2.33. The van der Waals surface area contributed by atoms with E-state index in [1.807, 2.05) is 32.3 Å². The third kappa shape index (κ3) is 5.13. The molecule has 0 saturated carbocycles. The molecule has 0 radical (unpaired) electrons. The van der Waals surface area contributed by atoms with E-state index in [1.54, 1.807) is 0 Å². The molecule has 4 nitrogen and oxygen atoms in total. The van der Waals surface area contributed by atoms with Crippen LogP contribution in [0.5, 0.6) is 0 Å². The van der Waals surface area contributed by atoms with Crippen LogP contribution in [0.1, 0.15) is 11.1 Å². The number of hydrogen-bond donors (Lipinski definition) is 2. The van der Waals surface area contributed by atoms with Gasteiger partial charge in [0.15, 0.2) is 5.96 Å². The fraction of sp³-hybridized carbons (Fsp3) is 0.278. The molecule has 0 unspecified atom stereocenters. The number of rotatable bonds is 6.